The Labute approximate surface area is 94.7 Å². The summed E-state index contributed by atoms with van der Waals surface area (Å²) in [7, 11) is 0. The second-order valence-electron chi connectivity index (χ2n) is 3.22. The van der Waals surface area contributed by atoms with Gasteiger partial charge in [-0.1, -0.05) is 6.07 Å². The van der Waals surface area contributed by atoms with E-state index in [9.17, 15) is 8.78 Å². The van der Waals surface area contributed by atoms with Crippen molar-refractivity contribution < 1.29 is 8.78 Å². The average molecular weight is 242 g/mol. The quantitative estimate of drug-likeness (QED) is 0.790. The van der Waals surface area contributed by atoms with Crippen LogP contribution in [0.2, 0.25) is 0 Å². The van der Waals surface area contributed by atoms with E-state index in [1.54, 1.807) is 0 Å². The minimum absolute atomic E-state index is 0.203. The van der Waals surface area contributed by atoms with E-state index in [0.29, 0.717) is 10.3 Å². The van der Waals surface area contributed by atoms with E-state index < -0.39 is 11.6 Å². The molecule has 0 aliphatic heterocycles. The Hall–Kier alpha value is -1.76. The van der Waals surface area contributed by atoms with E-state index in [-0.39, 0.29) is 12.5 Å². The number of aromatic nitrogens is 3. The van der Waals surface area contributed by atoms with Crippen molar-refractivity contribution in [1.29, 1.82) is 0 Å². The number of nitrogens with zero attached hydrogens (tertiary/aromatic N) is 2. The lowest BCUT2D eigenvalue weighted by atomic mass is 10.2. The highest BCUT2D eigenvalue weighted by molar-refractivity contribution is 7.71. The summed E-state index contributed by atoms with van der Waals surface area (Å²) in [4.78, 5) is 0. The van der Waals surface area contributed by atoms with Gasteiger partial charge in [0.2, 0.25) is 5.95 Å². The number of H-pyrrole nitrogens is 1. The van der Waals surface area contributed by atoms with Crippen LogP contribution in [-0.4, -0.2) is 14.8 Å². The summed E-state index contributed by atoms with van der Waals surface area (Å²) >= 11 is 4.93. The summed E-state index contributed by atoms with van der Waals surface area (Å²) in [6.45, 7) is 0.248. The number of hydrogen-bond donors (Lipinski definition) is 2. The maximum Gasteiger partial charge on any atom is 0.220 e. The molecule has 1 aromatic heterocycles. The summed E-state index contributed by atoms with van der Waals surface area (Å²) in [6.07, 6.45) is 0. The third kappa shape index (κ3) is 1.94. The molecule has 2 aromatic rings. The Morgan fingerprint density at radius 2 is 2.12 bits per heavy atom. The second-order valence-corrected chi connectivity index (χ2v) is 3.61. The van der Waals surface area contributed by atoms with Crippen LogP contribution in [-0.2, 0) is 6.54 Å². The van der Waals surface area contributed by atoms with Gasteiger partial charge in [-0.05, 0) is 29.9 Å². The lowest BCUT2D eigenvalue weighted by Crippen LogP contribution is -2.05. The van der Waals surface area contributed by atoms with Gasteiger partial charge in [-0.15, -0.1) is 5.10 Å². The molecule has 0 unspecified atom stereocenters. The van der Waals surface area contributed by atoms with Gasteiger partial charge in [0.1, 0.15) is 0 Å². The predicted octanol–water partition coefficient (Wildman–Crippen LogP) is 1.85. The summed E-state index contributed by atoms with van der Waals surface area (Å²) in [5.41, 5.74) is 6.10. The highest BCUT2D eigenvalue weighted by Crippen LogP contribution is 2.11. The number of benzene rings is 1. The van der Waals surface area contributed by atoms with Gasteiger partial charge >= 0.3 is 0 Å². The first-order valence-corrected chi connectivity index (χ1v) is 4.83. The second kappa shape index (κ2) is 4.01. The van der Waals surface area contributed by atoms with Crippen molar-refractivity contribution in [3.63, 3.8) is 0 Å². The van der Waals surface area contributed by atoms with Crippen molar-refractivity contribution in [2.75, 3.05) is 5.73 Å². The molecule has 0 fully saturated rings. The van der Waals surface area contributed by atoms with Crippen molar-refractivity contribution in [3.8, 4) is 0 Å². The maximum absolute atomic E-state index is 12.9. The van der Waals surface area contributed by atoms with Crippen LogP contribution >= 0.6 is 12.2 Å². The molecule has 0 saturated carbocycles. The Morgan fingerprint density at radius 3 is 2.69 bits per heavy atom. The molecule has 4 nitrogen and oxygen atoms in total. The van der Waals surface area contributed by atoms with Crippen LogP contribution in [0.25, 0.3) is 0 Å². The zero-order valence-electron chi connectivity index (χ0n) is 8.08. The van der Waals surface area contributed by atoms with Crippen LogP contribution in [0, 0.1) is 16.4 Å². The van der Waals surface area contributed by atoms with Crippen LogP contribution in [0.1, 0.15) is 5.56 Å². The Bertz CT molecular complexity index is 575. The number of hydrogen-bond acceptors (Lipinski definition) is 3. The highest BCUT2D eigenvalue weighted by atomic mass is 32.1. The molecule has 3 N–H and O–H groups in total. The zero-order valence-corrected chi connectivity index (χ0v) is 8.89. The Balaban J connectivity index is 2.34. The highest BCUT2D eigenvalue weighted by Gasteiger charge is 2.06. The van der Waals surface area contributed by atoms with Gasteiger partial charge in [0.05, 0.1) is 6.54 Å². The summed E-state index contributed by atoms with van der Waals surface area (Å²) in [5.74, 6) is -1.58. The number of aromatic amines is 1. The van der Waals surface area contributed by atoms with E-state index in [2.05, 4.69) is 10.2 Å². The van der Waals surface area contributed by atoms with Crippen LogP contribution in [0.5, 0.6) is 0 Å². The topological polar surface area (TPSA) is 59.6 Å². The molecule has 0 atom stereocenters. The minimum atomic E-state index is -0.897. The predicted molar refractivity (Wildman–Crippen MR) is 57.3 cm³/mol. The fourth-order valence-electron chi connectivity index (χ4n) is 1.30. The van der Waals surface area contributed by atoms with Gasteiger partial charge in [0, 0.05) is 0 Å². The van der Waals surface area contributed by atoms with Gasteiger partial charge in [-0.2, -0.15) is 0 Å². The van der Waals surface area contributed by atoms with Gasteiger partial charge in [-0.25, -0.2) is 13.9 Å². The third-order valence-corrected chi connectivity index (χ3v) is 2.42. The van der Waals surface area contributed by atoms with E-state index in [4.69, 9.17) is 18.0 Å². The fraction of sp³-hybridized carbons (Fsp3) is 0.111. The molecule has 0 spiro atoms. The Morgan fingerprint density at radius 1 is 1.38 bits per heavy atom. The lowest BCUT2D eigenvalue weighted by molar-refractivity contribution is 0.506. The standard InChI is InChI=1S/C9H8F2N4S/c10-6-2-1-5(3-7(6)11)4-15-8(12)13-14-9(15)16/h1-3H,4H2,(H2,12,13)(H,14,16). The minimum Gasteiger partial charge on any atom is -0.368 e. The molecular formula is C9H8F2N4S. The normalized spacial score (nSPS) is 10.6. The largest absolute Gasteiger partial charge is 0.368 e. The smallest absolute Gasteiger partial charge is 0.220 e. The molecule has 2 rings (SSSR count). The Kier molecular flexibility index (Phi) is 2.69. The van der Waals surface area contributed by atoms with Crippen LogP contribution in [0.3, 0.4) is 0 Å². The van der Waals surface area contributed by atoms with Crippen LogP contribution < -0.4 is 5.73 Å². The monoisotopic (exact) mass is 242 g/mol. The number of anilines is 1. The molecule has 0 aliphatic rings. The lowest BCUT2D eigenvalue weighted by Gasteiger charge is -2.04. The molecule has 0 amide bonds. The molecule has 1 aromatic carbocycles. The molecule has 1 heterocycles. The summed E-state index contributed by atoms with van der Waals surface area (Å²) in [5, 5.41) is 6.21. The zero-order chi connectivity index (χ0) is 11.7. The van der Waals surface area contributed by atoms with E-state index in [1.807, 2.05) is 0 Å². The number of rotatable bonds is 2. The molecule has 84 valence electrons. The van der Waals surface area contributed by atoms with Gasteiger partial charge in [-0.3, -0.25) is 4.57 Å². The number of nitrogen functional groups attached to an aromatic ring is 1. The third-order valence-electron chi connectivity index (χ3n) is 2.11. The van der Waals surface area contributed by atoms with Crippen molar-refractivity contribution in [3.05, 3.63) is 40.2 Å². The molecule has 0 radical (unpaired) electrons. The molecule has 0 aliphatic carbocycles. The first kappa shape index (κ1) is 10.7. The van der Waals surface area contributed by atoms with E-state index in [1.165, 1.54) is 10.6 Å². The summed E-state index contributed by atoms with van der Waals surface area (Å²) < 4.78 is 27.5. The van der Waals surface area contributed by atoms with Crippen LogP contribution in [0.15, 0.2) is 18.2 Å². The first-order valence-electron chi connectivity index (χ1n) is 4.42. The molecular weight excluding hydrogens is 234 g/mol. The first-order chi connectivity index (χ1) is 7.58. The SMILES string of the molecule is Nc1n[nH]c(=S)n1Cc1ccc(F)c(F)c1. The number of nitrogens with one attached hydrogen (secondary N) is 1. The molecule has 0 bridgehead atoms. The summed E-state index contributed by atoms with van der Waals surface area (Å²) in [6, 6.07) is 3.63. The molecule has 0 saturated heterocycles. The van der Waals surface area contributed by atoms with E-state index in [0.717, 1.165) is 12.1 Å². The molecule has 16 heavy (non-hydrogen) atoms. The van der Waals surface area contributed by atoms with Gasteiger partial charge in [0.15, 0.2) is 16.4 Å². The van der Waals surface area contributed by atoms with Gasteiger partial charge < -0.3 is 5.73 Å². The fourth-order valence-corrected chi connectivity index (χ4v) is 1.51. The maximum atomic E-state index is 12.9. The number of halogens is 2. The van der Waals surface area contributed by atoms with Crippen molar-refractivity contribution >= 4 is 18.2 Å². The van der Waals surface area contributed by atoms with Crippen molar-refractivity contribution in [2.45, 2.75) is 6.54 Å². The van der Waals surface area contributed by atoms with Crippen LogP contribution in [0.4, 0.5) is 14.7 Å². The average Bonchev–Trinajstić information content (AvgIpc) is 2.55. The van der Waals surface area contributed by atoms with Crippen molar-refractivity contribution in [1.82, 2.24) is 14.8 Å². The van der Waals surface area contributed by atoms with Crippen molar-refractivity contribution in [2.24, 2.45) is 0 Å². The van der Waals surface area contributed by atoms with E-state index >= 15 is 0 Å². The number of nitrogens with two attached hydrogens (primary N) is 1. The van der Waals surface area contributed by atoms with Gasteiger partial charge in [0.25, 0.3) is 0 Å². The molecule has 7 heteroatoms.